The van der Waals surface area contributed by atoms with Gasteiger partial charge in [-0.05, 0) is 0 Å². The van der Waals surface area contributed by atoms with Crippen molar-refractivity contribution in [3.63, 3.8) is 0 Å². The van der Waals surface area contributed by atoms with Crippen molar-refractivity contribution < 1.29 is 34.1 Å². The second-order valence-electron chi connectivity index (χ2n) is 0. The minimum absolute atomic E-state index is 0. The molecule has 0 saturated heterocycles. The molecule has 0 atom stereocenters. The third-order valence-corrected chi connectivity index (χ3v) is 0. The first-order chi connectivity index (χ1) is 0. The number of hydrogen-bond donors (Lipinski definition) is 0. The maximum absolute atomic E-state index is 0. The predicted molar refractivity (Wildman–Crippen MR) is 11.5 cm³/mol. The SMILES string of the molecule is [Be+2].[Be+2].[Cu+].[Cu+]. The summed E-state index contributed by atoms with van der Waals surface area (Å²) in [6, 6.07) is 0. The van der Waals surface area contributed by atoms with Gasteiger partial charge in [-0.3, -0.25) is 0 Å². The minimum atomic E-state index is 0. The average Bonchev–Trinajstić information content (AvgIpc) is 0. The molecule has 0 saturated carbocycles. The summed E-state index contributed by atoms with van der Waals surface area (Å²) >= 11 is 0. The topological polar surface area (TPSA) is 0 Å². The first kappa shape index (κ1) is 54.3. The van der Waals surface area contributed by atoms with E-state index in [-0.39, 0.29) is 54.4 Å². The van der Waals surface area contributed by atoms with Crippen molar-refractivity contribution in [2.45, 2.75) is 0 Å². The van der Waals surface area contributed by atoms with Crippen LogP contribution in [-0.4, -0.2) is 20.2 Å². The molecule has 0 aliphatic carbocycles. The van der Waals surface area contributed by atoms with E-state index in [0.29, 0.717) is 0 Å². The molecule has 0 N–H and O–H groups in total. The van der Waals surface area contributed by atoms with Crippen molar-refractivity contribution in [3.8, 4) is 0 Å². The Bertz CT molecular complexity index is 4.00. The molecule has 0 rings (SSSR count). The molecule has 4 heteroatoms. The van der Waals surface area contributed by atoms with E-state index < -0.39 is 0 Å². The molecule has 0 amide bonds. The number of rotatable bonds is 0. The van der Waals surface area contributed by atoms with Gasteiger partial charge in [0.15, 0.2) is 0 Å². The summed E-state index contributed by atoms with van der Waals surface area (Å²) in [7, 11) is 0. The number of hydrogen-bond acceptors (Lipinski definition) is 0. The van der Waals surface area contributed by atoms with Crippen LogP contribution in [0.5, 0.6) is 0 Å². The molecule has 0 unspecified atom stereocenters. The summed E-state index contributed by atoms with van der Waals surface area (Å²) in [6.07, 6.45) is 0. The fourth-order valence-corrected chi connectivity index (χ4v) is 0. The molecule has 0 aromatic carbocycles. The molecular formula is Be2Cu2+6. The fourth-order valence-electron chi connectivity index (χ4n) is 0. The van der Waals surface area contributed by atoms with Gasteiger partial charge in [0.05, 0.1) is 0 Å². The van der Waals surface area contributed by atoms with Gasteiger partial charge in [-0.1, -0.05) is 0 Å². The monoisotopic (exact) mass is 144 g/mol. The van der Waals surface area contributed by atoms with Gasteiger partial charge in [0.2, 0.25) is 0 Å². The zero-order valence-electron chi connectivity index (χ0n) is 2.02. The van der Waals surface area contributed by atoms with Gasteiger partial charge in [0, 0.05) is 0 Å². The van der Waals surface area contributed by atoms with Crippen molar-refractivity contribution >= 4 is 20.2 Å². The third-order valence-electron chi connectivity index (χ3n) is 0. The van der Waals surface area contributed by atoms with Gasteiger partial charge in [-0.2, -0.15) is 0 Å². The second kappa shape index (κ2) is 26.3. The van der Waals surface area contributed by atoms with Crippen molar-refractivity contribution in [3.05, 3.63) is 0 Å². The normalized spacial score (nSPS) is 0. The maximum atomic E-state index is 0. The van der Waals surface area contributed by atoms with Gasteiger partial charge in [0.25, 0.3) is 0 Å². The second-order valence-corrected chi connectivity index (χ2v) is 0. The molecule has 0 bridgehead atoms. The van der Waals surface area contributed by atoms with Crippen LogP contribution < -0.4 is 0 Å². The van der Waals surface area contributed by atoms with Crippen LogP contribution in [0.15, 0.2) is 0 Å². The largest absolute Gasteiger partial charge is 2.00 e. The molecule has 20 valence electrons. The summed E-state index contributed by atoms with van der Waals surface area (Å²) < 4.78 is 0. The van der Waals surface area contributed by atoms with Crippen LogP contribution in [0.25, 0.3) is 0 Å². The van der Waals surface area contributed by atoms with Crippen LogP contribution in [0.4, 0.5) is 0 Å². The molecule has 0 fully saturated rings. The Morgan fingerprint density at radius 2 is 0.500 bits per heavy atom. The van der Waals surface area contributed by atoms with Crippen LogP contribution in [0.3, 0.4) is 0 Å². The van der Waals surface area contributed by atoms with Crippen LogP contribution in [0.1, 0.15) is 0 Å². The van der Waals surface area contributed by atoms with Crippen LogP contribution in [-0.2, 0) is 34.1 Å². The first-order valence-electron chi connectivity index (χ1n) is 0. The Balaban J connectivity index is 0. The summed E-state index contributed by atoms with van der Waals surface area (Å²) in [5, 5.41) is 0. The van der Waals surface area contributed by atoms with E-state index >= 15 is 0 Å². The van der Waals surface area contributed by atoms with E-state index in [9.17, 15) is 0 Å². The van der Waals surface area contributed by atoms with Crippen molar-refractivity contribution in [1.82, 2.24) is 0 Å². The molecule has 0 aliphatic heterocycles. The van der Waals surface area contributed by atoms with Gasteiger partial charge in [-0.15, -0.1) is 0 Å². The minimum Gasteiger partial charge on any atom is 1.00 e. The summed E-state index contributed by atoms with van der Waals surface area (Å²) in [6.45, 7) is 0. The van der Waals surface area contributed by atoms with Crippen molar-refractivity contribution in [2.24, 2.45) is 0 Å². The zero-order valence-corrected chi connectivity index (χ0v) is 3.90. The van der Waals surface area contributed by atoms with Gasteiger partial charge < -0.3 is 0 Å². The Morgan fingerprint density at radius 1 is 0.500 bits per heavy atom. The van der Waals surface area contributed by atoms with Crippen molar-refractivity contribution in [2.75, 3.05) is 0 Å². The summed E-state index contributed by atoms with van der Waals surface area (Å²) in [4.78, 5) is 0. The Kier molecular flexibility index (Phi) is 358. The van der Waals surface area contributed by atoms with Crippen LogP contribution in [0, 0.1) is 0 Å². The third kappa shape index (κ3) is 10.1. The molecule has 0 heterocycles. The Hall–Kier alpha value is 1.38. The van der Waals surface area contributed by atoms with Crippen molar-refractivity contribution in [1.29, 1.82) is 0 Å². The average molecular weight is 145 g/mol. The molecule has 4 heavy (non-hydrogen) atoms. The van der Waals surface area contributed by atoms with E-state index in [2.05, 4.69) is 0 Å². The van der Waals surface area contributed by atoms with Gasteiger partial charge in [-0.25, -0.2) is 0 Å². The van der Waals surface area contributed by atoms with E-state index in [1.165, 1.54) is 0 Å². The van der Waals surface area contributed by atoms with E-state index in [4.69, 9.17) is 0 Å². The zero-order chi connectivity index (χ0) is 0. The maximum Gasteiger partial charge on any atom is 2.00 e. The predicted octanol–water partition coefficient (Wildman–Crippen LogP) is -0.767. The van der Waals surface area contributed by atoms with Gasteiger partial charge in [0.1, 0.15) is 0 Å². The molecule has 0 aliphatic rings. The molecular weight excluding hydrogens is 145 g/mol. The van der Waals surface area contributed by atoms with Crippen LogP contribution in [0.2, 0.25) is 0 Å². The molecule has 0 spiro atoms. The molecule has 0 radical (unpaired) electrons. The fraction of sp³-hybridized carbons (Fsp3) is 0. The van der Waals surface area contributed by atoms with E-state index in [0.717, 1.165) is 0 Å². The standard InChI is InChI=1S/2Be.2Cu/q2*+2;2*+1. The van der Waals surface area contributed by atoms with Crippen LogP contribution >= 0.6 is 0 Å². The van der Waals surface area contributed by atoms with E-state index in [1.807, 2.05) is 0 Å². The summed E-state index contributed by atoms with van der Waals surface area (Å²) in [5.41, 5.74) is 0. The first-order valence-corrected chi connectivity index (χ1v) is 0. The smallest absolute Gasteiger partial charge is 1.00 e. The quantitative estimate of drug-likeness (QED) is 0.393. The molecule has 0 aromatic rings. The Morgan fingerprint density at radius 3 is 0.500 bits per heavy atom. The Labute approximate surface area is 54.5 Å². The van der Waals surface area contributed by atoms with E-state index in [1.54, 1.807) is 0 Å². The van der Waals surface area contributed by atoms with Gasteiger partial charge >= 0.3 is 54.4 Å². The summed E-state index contributed by atoms with van der Waals surface area (Å²) in [5.74, 6) is 0. The molecule has 0 nitrogen and oxygen atoms in total. The molecule has 0 aromatic heterocycles.